The summed E-state index contributed by atoms with van der Waals surface area (Å²) >= 11 is 0. The van der Waals surface area contributed by atoms with Crippen LogP contribution in [0.25, 0.3) is 0 Å². The summed E-state index contributed by atoms with van der Waals surface area (Å²) in [5, 5.41) is 0. The molecular formula is C16H20N2O2. The van der Waals surface area contributed by atoms with Crippen molar-refractivity contribution < 1.29 is 0 Å². The number of nitrogens with one attached hydrogen (secondary N) is 1. The summed E-state index contributed by atoms with van der Waals surface area (Å²) in [6.07, 6.45) is 3.28. The van der Waals surface area contributed by atoms with E-state index in [2.05, 4.69) is 17.1 Å². The molecule has 0 saturated heterocycles. The van der Waals surface area contributed by atoms with Gasteiger partial charge >= 0.3 is 5.69 Å². The van der Waals surface area contributed by atoms with Gasteiger partial charge in [-0.25, -0.2) is 4.79 Å². The number of aromatic amines is 1. The molecule has 0 atom stereocenters. The average molecular weight is 272 g/mol. The van der Waals surface area contributed by atoms with Crippen LogP contribution in [0.1, 0.15) is 31.0 Å². The number of nitrogens with zero attached hydrogens (tertiary/aromatic N) is 1. The van der Waals surface area contributed by atoms with E-state index in [0.717, 1.165) is 31.4 Å². The van der Waals surface area contributed by atoms with Gasteiger partial charge in [0.05, 0.1) is 0 Å². The van der Waals surface area contributed by atoms with Crippen molar-refractivity contribution in [3.8, 4) is 0 Å². The fraction of sp³-hybridized carbons (Fsp3) is 0.375. The van der Waals surface area contributed by atoms with Gasteiger partial charge in [-0.1, -0.05) is 43.7 Å². The molecule has 0 spiro atoms. The van der Waals surface area contributed by atoms with Crippen LogP contribution in [0.3, 0.4) is 0 Å². The fourth-order valence-electron chi connectivity index (χ4n) is 2.27. The van der Waals surface area contributed by atoms with E-state index in [1.807, 2.05) is 25.1 Å². The third kappa shape index (κ3) is 3.70. The molecule has 0 aliphatic carbocycles. The number of benzene rings is 1. The van der Waals surface area contributed by atoms with Crippen molar-refractivity contribution in [3.05, 3.63) is 68.5 Å². The van der Waals surface area contributed by atoms with Crippen LogP contribution in [-0.2, 0) is 19.4 Å². The minimum absolute atomic E-state index is 0.203. The lowest BCUT2D eigenvalue weighted by atomic mass is 10.1. The highest BCUT2D eigenvalue weighted by atomic mass is 16.2. The first-order chi connectivity index (χ1) is 9.70. The Hall–Kier alpha value is -2.10. The Morgan fingerprint density at radius 2 is 1.85 bits per heavy atom. The number of H-pyrrole nitrogens is 1. The van der Waals surface area contributed by atoms with Gasteiger partial charge in [-0.15, -0.1) is 0 Å². The van der Waals surface area contributed by atoms with E-state index in [0.29, 0.717) is 6.54 Å². The van der Waals surface area contributed by atoms with Gasteiger partial charge in [0, 0.05) is 18.3 Å². The van der Waals surface area contributed by atoms with Crippen LogP contribution in [0, 0.1) is 0 Å². The monoisotopic (exact) mass is 272 g/mol. The Balaban J connectivity index is 2.03. The maximum Gasteiger partial charge on any atom is 0.328 e. The predicted octanol–water partition coefficient (Wildman–Crippen LogP) is 2.12. The zero-order valence-corrected chi connectivity index (χ0v) is 11.8. The van der Waals surface area contributed by atoms with E-state index in [1.54, 1.807) is 0 Å². The van der Waals surface area contributed by atoms with Crippen molar-refractivity contribution in [1.82, 2.24) is 9.55 Å². The molecule has 0 aliphatic rings. The summed E-state index contributed by atoms with van der Waals surface area (Å²) in [6, 6.07) is 11.6. The van der Waals surface area contributed by atoms with E-state index < -0.39 is 0 Å². The normalized spacial score (nSPS) is 10.7. The molecule has 4 nitrogen and oxygen atoms in total. The molecule has 4 heteroatoms. The second-order valence-electron chi connectivity index (χ2n) is 4.93. The van der Waals surface area contributed by atoms with E-state index >= 15 is 0 Å². The summed E-state index contributed by atoms with van der Waals surface area (Å²) in [7, 11) is 0. The molecule has 106 valence electrons. The SMILES string of the molecule is CCCc1cc(=O)n(CCCc2ccccc2)c(=O)[nH]1. The van der Waals surface area contributed by atoms with E-state index in [4.69, 9.17) is 0 Å². The highest BCUT2D eigenvalue weighted by molar-refractivity contribution is 5.14. The van der Waals surface area contributed by atoms with Crippen molar-refractivity contribution in [3.63, 3.8) is 0 Å². The summed E-state index contributed by atoms with van der Waals surface area (Å²) in [4.78, 5) is 26.6. The van der Waals surface area contributed by atoms with Crippen LogP contribution in [0.5, 0.6) is 0 Å². The quantitative estimate of drug-likeness (QED) is 0.875. The van der Waals surface area contributed by atoms with Gasteiger partial charge in [0.15, 0.2) is 0 Å². The molecular weight excluding hydrogens is 252 g/mol. The maximum atomic E-state index is 11.9. The van der Waals surface area contributed by atoms with Gasteiger partial charge in [0.1, 0.15) is 0 Å². The largest absolute Gasteiger partial charge is 0.328 e. The lowest BCUT2D eigenvalue weighted by Gasteiger charge is -2.06. The molecule has 0 fully saturated rings. The zero-order valence-electron chi connectivity index (χ0n) is 11.8. The lowest BCUT2D eigenvalue weighted by molar-refractivity contribution is 0.584. The topological polar surface area (TPSA) is 54.9 Å². The first-order valence-electron chi connectivity index (χ1n) is 7.07. The molecule has 2 rings (SSSR count). The van der Waals surface area contributed by atoms with Gasteiger partial charge in [0.2, 0.25) is 0 Å². The smallest absolute Gasteiger partial charge is 0.311 e. The third-order valence-electron chi connectivity index (χ3n) is 3.29. The van der Waals surface area contributed by atoms with Crippen LogP contribution < -0.4 is 11.2 Å². The van der Waals surface area contributed by atoms with Crippen molar-refractivity contribution >= 4 is 0 Å². The maximum absolute atomic E-state index is 11.9. The van der Waals surface area contributed by atoms with Crippen LogP contribution in [0.2, 0.25) is 0 Å². The molecule has 1 aromatic carbocycles. The molecule has 1 heterocycles. The lowest BCUT2D eigenvalue weighted by Crippen LogP contribution is -2.35. The Morgan fingerprint density at radius 1 is 1.10 bits per heavy atom. The van der Waals surface area contributed by atoms with Crippen LogP contribution >= 0.6 is 0 Å². The minimum Gasteiger partial charge on any atom is -0.311 e. The molecule has 1 aromatic heterocycles. The number of hydrogen-bond donors (Lipinski definition) is 1. The molecule has 2 aromatic rings. The number of rotatable bonds is 6. The summed E-state index contributed by atoms with van der Waals surface area (Å²) in [6.45, 7) is 2.47. The highest BCUT2D eigenvalue weighted by Gasteiger charge is 2.04. The molecule has 0 aliphatic heterocycles. The number of aryl methyl sites for hydroxylation is 2. The molecule has 20 heavy (non-hydrogen) atoms. The minimum atomic E-state index is -0.297. The van der Waals surface area contributed by atoms with Crippen LogP contribution in [0.4, 0.5) is 0 Å². The molecule has 0 saturated carbocycles. The second-order valence-corrected chi connectivity index (χ2v) is 4.93. The highest BCUT2D eigenvalue weighted by Crippen LogP contribution is 2.02. The van der Waals surface area contributed by atoms with E-state index in [9.17, 15) is 9.59 Å². The van der Waals surface area contributed by atoms with Crippen molar-refractivity contribution in [2.75, 3.05) is 0 Å². The number of aromatic nitrogens is 2. The van der Waals surface area contributed by atoms with E-state index in [-0.39, 0.29) is 11.2 Å². The molecule has 0 amide bonds. The van der Waals surface area contributed by atoms with Gasteiger partial charge in [-0.2, -0.15) is 0 Å². The molecule has 0 bridgehead atoms. The van der Waals surface area contributed by atoms with Gasteiger partial charge in [-0.3, -0.25) is 9.36 Å². The van der Waals surface area contributed by atoms with Gasteiger partial charge in [0.25, 0.3) is 5.56 Å². The Kier molecular flexibility index (Phi) is 4.93. The average Bonchev–Trinajstić information content (AvgIpc) is 2.43. The van der Waals surface area contributed by atoms with Gasteiger partial charge in [-0.05, 0) is 24.8 Å². The molecule has 1 N–H and O–H groups in total. The van der Waals surface area contributed by atoms with Crippen LogP contribution in [0.15, 0.2) is 46.0 Å². The predicted molar refractivity (Wildman–Crippen MR) is 80.1 cm³/mol. The zero-order chi connectivity index (χ0) is 14.4. The summed E-state index contributed by atoms with van der Waals surface area (Å²) in [5.74, 6) is 0. The van der Waals surface area contributed by atoms with Crippen molar-refractivity contribution in [2.45, 2.75) is 39.2 Å². The van der Waals surface area contributed by atoms with Crippen LogP contribution in [-0.4, -0.2) is 9.55 Å². The Labute approximate surface area is 118 Å². The standard InChI is InChI=1S/C16H20N2O2/c1-2-7-14-12-15(19)18(16(20)17-14)11-6-10-13-8-4-3-5-9-13/h3-5,8-9,12H,2,6-7,10-11H2,1H3,(H,17,20). The third-order valence-corrected chi connectivity index (χ3v) is 3.29. The molecule has 0 unspecified atom stereocenters. The first kappa shape index (κ1) is 14.3. The molecule has 0 radical (unpaired) electrons. The Morgan fingerprint density at radius 3 is 2.50 bits per heavy atom. The summed E-state index contributed by atoms with van der Waals surface area (Å²) in [5.41, 5.74) is 1.45. The Bertz CT molecular complexity index is 625. The van der Waals surface area contributed by atoms with Crippen molar-refractivity contribution in [2.24, 2.45) is 0 Å². The van der Waals surface area contributed by atoms with Gasteiger partial charge < -0.3 is 4.98 Å². The number of hydrogen-bond acceptors (Lipinski definition) is 2. The first-order valence-corrected chi connectivity index (χ1v) is 7.07. The van der Waals surface area contributed by atoms with E-state index in [1.165, 1.54) is 16.2 Å². The van der Waals surface area contributed by atoms with Crippen molar-refractivity contribution in [1.29, 1.82) is 0 Å². The fourth-order valence-corrected chi connectivity index (χ4v) is 2.27. The summed E-state index contributed by atoms with van der Waals surface area (Å²) < 4.78 is 1.28. The second kappa shape index (κ2) is 6.89.